The summed E-state index contributed by atoms with van der Waals surface area (Å²) < 4.78 is 10.1. The second-order valence-corrected chi connectivity index (χ2v) is 8.25. The van der Waals surface area contributed by atoms with Crippen LogP contribution in [0.4, 0.5) is 0 Å². The quantitative estimate of drug-likeness (QED) is 0.781. The van der Waals surface area contributed by atoms with Crippen LogP contribution in [0.3, 0.4) is 0 Å². The number of carbonyl (C=O) groups is 1. The fraction of sp³-hybridized carbons (Fsp3) is 0.812. The molecule has 2 heterocycles. The first-order valence-corrected chi connectivity index (χ1v) is 8.70. The first-order valence-electron chi connectivity index (χ1n) is 7.92. The number of Topliss-reactive ketones (excluding diaryl/α,β-unsaturated/α-hetero) is 1. The summed E-state index contributed by atoms with van der Waals surface area (Å²) in [5.74, 6) is 0.324. The third kappa shape index (κ3) is 2.90. The van der Waals surface area contributed by atoms with Crippen LogP contribution in [0.5, 0.6) is 0 Å². The Balaban J connectivity index is 1.81. The van der Waals surface area contributed by atoms with E-state index in [0.717, 1.165) is 36.3 Å². The summed E-state index contributed by atoms with van der Waals surface area (Å²) >= 11 is 1.26. The molecule has 3 rings (SSSR count). The average Bonchev–Trinajstić information content (AvgIpc) is 3.07. The Hall–Kier alpha value is -0.810. The Morgan fingerprint density at radius 1 is 1.33 bits per heavy atom. The van der Waals surface area contributed by atoms with E-state index in [-0.39, 0.29) is 22.7 Å². The molecule has 1 spiro atoms. The topological polar surface area (TPSA) is 52.1 Å². The van der Waals surface area contributed by atoms with E-state index in [0.29, 0.717) is 6.61 Å². The van der Waals surface area contributed by atoms with Crippen LogP contribution < -0.4 is 0 Å². The number of ether oxygens (including phenoxy) is 1. The van der Waals surface area contributed by atoms with Gasteiger partial charge in [0.05, 0.1) is 11.3 Å². The molecule has 2 aliphatic rings. The van der Waals surface area contributed by atoms with Gasteiger partial charge in [-0.05, 0) is 37.2 Å². The minimum atomic E-state index is -0.131. The van der Waals surface area contributed by atoms with E-state index in [1.807, 2.05) is 0 Å². The smallest absolute Gasteiger partial charge is 0.179 e. The fourth-order valence-electron chi connectivity index (χ4n) is 3.65. The van der Waals surface area contributed by atoms with E-state index in [1.165, 1.54) is 24.4 Å². The van der Waals surface area contributed by atoms with E-state index < -0.39 is 0 Å². The van der Waals surface area contributed by atoms with Crippen LogP contribution in [-0.2, 0) is 10.2 Å². The zero-order valence-corrected chi connectivity index (χ0v) is 14.0. The zero-order valence-electron chi connectivity index (χ0n) is 13.1. The number of rotatable bonds is 2. The second kappa shape index (κ2) is 5.43. The molecule has 1 saturated heterocycles. The standard InChI is InChI=1S/C16H24N2O2S/c1-15(2,3)14-13(21-18-17-14)12(19)11-6-9-20-16(10-11)7-4-5-8-16/h11H,4-10H2,1-3H3. The van der Waals surface area contributed by atoms with Crippen molar-refractivity contribution in [2.45, 2.75) is 70.3 Å². The summed E-state index contributed by atoms with van der Waals surface area (Å²) in [7, 11) is 0. The summed E-state index contributed by atoms with van der Waals surface area (Å²) in [6, 6.07) is 0. The van der Waals surface area contributed by atoms with E-state index in [9.17, 15) is 4.79 Å². The Kier molecular flexibility index (Phi) is 3.91. The lowest BCUT2D eigenvalue weighted by molar-refractivity contribution is -0.0866. The number of aromatic nitrogens is 2. The molecule has 1 aromatic heterocycles. The molecule has 5 heteroatoms. The van der Waals surface area contributed by atoms with Crippen LogP contribution in [0.15, 0.2) is 0 Å². The Morgan fingerprint density at radius 3 is 2.71 bits per heavy atom. The van der Waals surface area contributed by atoms with Crippen molar-refractivity contribution in [1.82, 2.24) is 9.59 Å². The minimum Gasteiger partial charge on any atom is -0.375 e. The van der Waals surface area contributed by atoms with Crippen molar-refractivity contribution in [3.05, 3.63) is 10.6 Å². The summed E-state index contributed by atoms with van der Waals surface area (Å²) in [6.07, 6.45) is 6.41. The highest BCUT2D eigenvalue weighted by Crippen LogP contribution is 2.43. The second-order valence-electron chi connectivity index (χ2n) is 7.49. The van der Waals surface area contributed by atoms with Gasteiger partial charge >= 0.3 is 0 Å². The highest BCUT2D eigenvalue weighted by molar-refractivity contribution is 7.08. The van der Waals surface area contributed by atoms with Crippen molar-refractivity contribution in [3.63, 3.8) is 0 Å². The van der Waals surface area contributed by atoms with Gasteiger partial charge in [0.1, 0.15) is 4.88 Å². The van der Waals surface area contributed by atoms with Gasteiger partial charge in [0.25, 0.3) is 0 Å². The molecular formula is C16H24N2O2S. The molecule has 1 saturated carbocycles. The Morgan fingerprint density at radius 2 is 2.05 bits per heavy atom. The van der Waals surface area contributed by atoms with E-state index in [2.05, 4.69) is 30.4 Å². The highest BCUT2D eigenvalue weighted by Gasteiger charge is 2.43. The molecule has 2 fully saturated rings. The number of ketones is 1. The van der Waals surface area contributed by atoms with Crippen LogP contribution in [0.25, 0.3) is 0 Å². The van der Waals surface area contributed by atoms with Crippen molar-refractivity contribution < 1.29 is 9.53 Å². The van der Waals surface area contributed by atoms with E-state index in [1.54, 1.807) is 0 Å². The minimum absolute atomic E-state index is 0.0153. The maximum atomic E-state index is 12.9. The SMILES string of the molecule is CC(C)(C)c1nnsc1C(=O)C1CCOC2(CCCC2)C1. The predicted molar refractivity (Wildman–Crippen MR) is 82.8 cm³/mol. The average molecular weight is 308 g/mol. The molecule has 0 N–H and O–H groups in total. The van der Waals surface area contributed by atoms with Gasteiger partial charge < -0.3 is 4.74 Å². The molecule has 116 valence electrons. The molecule has 1 unspecified atom stereocenters. The molecule has 0 bridgehead atoms. The fourth-order valence-corrected chi connectivity index (χ4v) is 4.54. The van der Waals surface area contributed by atoms with Crippen LogP contribution in [0.1, 0.15) is 74.7 Å². The largest absolute Gasteiger partial charge is 0.375 e. The Labute approximate surface area is 130 Å². The van der Waals surface area contributed by atoms with Crippen LogP contribution in [0, 0.1) is 5.92 Å². The lowest BCUT2D eigenvalue weighted by Crippen LogP contribution is -2.40. The maximum Gasteiger partial charge on any atom is 0.179 e. The van der Waals surface area contributed by atoms with Gasteiger partial charge in [-0.3, -0.25) is 4.79 Å². The molecule has 0 amide bonds. The highest BCUT2D eigenvalue weighted by atomic mass is 32.1. The van der Waals surface area contributed by atoms with Gasteiger partial charge in [-0.1, -0.05) is 38.1 Å². The first-order chi connectivity index (χ1) is 9.91. The number of hydrogen-bond donors (Lipinski definition) is 0. The monoisotopic (exact) mass is 308 g/mol. The van der Waals surface area contributed by atoms with Crippen molar-refractivity contribution >= 4 is 17.3 Å². The van der Waals surface area contributed by atoms with Gasteiger partial charge in [0, 0.05) is 17.9 Å². The first kappa shape index (κ1) is 15.1. The van der Waals surface area contributed by atoms with Crippen molar-refractivity contribution in [2.24, 2.45) is 5.92 Å². The lowest BCUT2D eigenvalue weighted by atomic mass is 9.80. The normalized spacial score (nSPS) is 25.4. The molecule has 1 aromatic rings. The van der Waals surface area contributed by atoms with Crippen LogP contribution in [0.2, 0.25) is 0 Å². The molecule has 1 aliphatic heterocycles. The van der Waals surface area contributed by atoms with Gasteiger partial charge in [0.2, 0.25) is 0 Å². The summed E-state index contributed by atoms with van der Waals surface area (Å²) in [4.78, 5) is 13.7. The lowest BCUT2D eigenvalue weighted by Gasteiger charge is -2.37. The number of carbonyl (C=O) groups excluding carboxylic acids is 1. The van der Waals surface area contributed by atoms with Crippen molar-refractivity contribution in [1.29, 1.82) is 0 Å². The summed E-state index contributed by atoms with van der Waals surface area (Å²) in [5.41, 5.74) is 0.705. The number of hydrogen-bond acceptors (Lipinski definition) is 5. The van der Waals surface area contributed by atoms with Crippen LogP contribution >= 0.6 is 11.5 Å². The van der Waals surface area contributed by atoms with E-state index in [4.69, 9.17) is 4.74 Å². The van der Waals surface area contributed by atoms with Gasteiger partial charge in [-0.15, -0.1) is 5.10 Å². The summed E-state index contributed by atoms with van der Waals surface area (Å²) in [5, 5.41) is 4.21. The van der Waals surface area contributed by atoms with Crippen LogP contribution in [-0.4, -0.2) is 27.6 Å². The molecular weight excluding hydrogens is 284 g/mol. The maximum absolute atomic E-state index is 12.9. The third-order valence-electron chi connectivity index (χ3n) is 4.80. The molecule has 0 radical (unpaired) electrons. The van der Waals surface area contributed by atoms with Gasteiger partial charge in [-0.25, -0.2) is 0 Å². The van der Waals surface area contributed by atoms with Crippen molar-refractivity contribution in [2.75, 3.05) is 6.61 Å². The molecule has 0 aromatic carbocycles. The van der Waals surface area contributed by atoms with Gasteiger partial charge in [0.15, 0.2) is 5.78 Å². The molecule has 21 heavy (non-hydrogen) atoms. The summed E-state index contributed by atoms with van der Waals surface area (Å²) in [6.45, 7) is 6.97. The van der Waals surface area contributed by atoms with Crippen molar-refractivity contribution in [3.8, 4) is 0 Å². The molecule has 4 nitrogen and oxygen atoms in total. The number of nitrogens with zero attached hydrogens (tertiary/aromatic N) is 2. The Bertz CT molecular complexity index is 527. The molecule has 1 atom stereocenters. The zero-order chi connectivity index (χ0) is 15.1. The van der Waals surface area contributed by atoms with E-state index >= 15 is 0 Å². The van der Waals surface area contributed by atoms with Gasteiger partial charge in [-0.2, -0.15) is 0 Å². The molecule has 1 aliphatic carbocycles. The third-order valence-corrected chi connectivity index (χ3v) is 5.54. The predicted octanol–water partition coefficient (Wildman–Crippen LogP) is 3.76.